The number of piperidine rings is 3. The SMILES string of the molecule is COc1ccc([C@H](Cc2c(Cl)c[n+](O)cc2Cl)c2cc(CN(C(=O)O[C@H]3CN4CCC3CC4)c3ccccc3OC)sc2C(=O)[O-])cc1OC. The first kappa shape index (κ1) is 35.6. The van der Waals surface area contributed by atoms with Crippen molar-refractivity contribution in [1.29, 1.82) is 0 Å². The Labute approximate surface area is 304 Å². The van der Waals surface area contributed by atoms with Crippen LogP contribution in [-0.4, -0.2) is 69.2 Å². The summed E-state index contributed by atoms with van der Waals surface area (Å²) in [6, 6.07) is 14.2. The van der Waals surface area contributed by atoms with E-state index in [9.17, 15) is 19.9 Å². The van der Waals surface area contributed by atoms with Crippen LogP contribution in [0, 0.1) is 5.92 Å². The molecule has 264 valence electrons. The fraction of sp³-hybridized carbons (Fsp3) is 0.361. The van der Waals surface area contributed by atoms with Crippen molar-refractivity contribution in [2.75, 3.05) is 45.9 Å². The third-order valence-electron chi connectivity index (χ3n) is 9.42. The predicted molar refractivity (Wildman–Crippen MR) is 186 cm³/mol. The number of nitrogens with zero attached hydrogens (tertiary/aromatic N) is 3. The van der Waals surface area contributed by atoms with E-state index in [-0.39, 0.29) is 34.0 Å². The maximum atomic E-state index is 14.0. The van der Waals surface area contributed by atoms with E-state index in [2.05, 4.69) is 4.90 Å². The number of rotatable bonds is 12. The van der Waals surface area contributed by atoms with Crippen LogP contribution in [0.2, 0.25) is 10.0 Å². The molecule has 1 N–H and O–H groups in total. The summed E-state index contributed by atoms with van der Waals surface area (Å²) in [6.45, 7) is 2.68. The lowest BCUT2D eigenvalue weighted by Crippen LogP contribution is -2.53. The lowest BCUT2D eigenvalue weighted by Gasteiger charge is -2.44. The first-order chi connectivity index (χ1) is 24.1. The van der Waals surface area contributed by atoms with Crippen molar-refractivity contribution in [3.05, 3.63) is 97.4 Å². The molecule has 0 radical (unpaired) electrons. The molecule has 5 heterocycles. The van der Waals surface area contributed by atoms with E-state index in [0.29, 0.717) is 57.0 Å². The Morgan fingerprint density at radius 3 is 2.30 bits per heavy atom. The number of halogens is 2. The maximum absolute atomic E-state index is 14.0. The van der Waals surface area contributed by atoms with Crippen LogP contribution in [0.15, 0.2) is 60.9 Å². The number of aromatic nitrogens is 1. The van der Waals surface area contributed by atoms with Gasteiger partial charge in [0.15, 0.2) is 11.5 Å². The van der Waals surface area contributed by atoms with Gasteiger partial charge in [0.2, 0.25) is 12.4 Å². The topological polar surface area (TPSA) is 125 Å². The number of para-hydroxylation sites is 2. The number of pyridine rings is 1. The van der Waals surface area contributed by atoms with Crippen LogP contribution in [0.5, 0.6) is 17.2 Å². The van der Waals surface area contributed by atoms with E-state index in [1.165, 1.54) is 38.6 Å². The number of carbonyl (C=O) groups excluding carboxylic acids is 2. The molecule has 2 aromatic carbocycles. The summed E-state index contributed by atoms with van der Waals surface area (Å²) >= 11 is 14.1. The number of aromatic carboxylic acids is 1. The minimum absolute atomic E-state index is 0.00126. The summed E-state index contributed by atoms with van der Waals surface area (Å²) in [5.41, 5.74) is 2.09. The Hall–Kier alpha value is -4.23. The van der Waals surface area contributed by atoms with Gasteiger partial charge in [0.1, 0.15) is 21.9 Å². The third kappa shape index (κ3) is 7.44. The molecule has 11 nitrogen and oxygen atoms in total. The highest BCUT2D eigenvalue weighted by Crippen LogP contribution is 2.42. The summed E-state index contributed by atoms with van der Waals surface area (Å²) in [6.07, 6.45) is 3.92. The lowest BCUT2D eigenvalue weighted by atomic mass is 9.85. The number of thiophene rings is 1. The molecule has 3 fully saturated rings. The number of carboxylic acid groups (broad SMARTS) is 1. The Bertz CT molecular complexity index is 1860. The van der Waals surface area contributed by atoms with Crippen molar-refractivity contribution >= 4 is 52.3 Å². The van der Waals surface area contributed by atoms with Crippen molar-refractivity contribution in [1.82, 2.24) is 4.90 Å². The van der Waals surface area contributed by atoms with Gasteiger partial charge >= 0.3 is 6.09 Å². The fourth-order valence-electron chi connectivity index (χ4n) is 6.86. The van der Waals surface area contributed by atoms with E-state index in [4.69, 9.17) is 42.1 Å². The zero-order valence-corrected chi connectivity index (χ0v) is 30.1. The fourth-order valence-corrected chi connectivity index (χ4v) is 8.51. The van der Waals surface area contributed by atoms with Gasteiger partial charge in [0, 0.05) is 27.6 Å². The van der Waals surface area contributed by atoms with Gasteiger partial charge in [-0.1, -0.05) is 41.4 Å². The molecule has 3 aliphatic rings. The zero-order valence-electron chi connectivity index (χ0n) is 27.8. The molecule has 7 rings (SSSR count). The summed E-state index contributed by atoms with van der Waals surface area (Å²) in [4.78, 5) is 31.2. The lowest BCUT2D eigenvalue weighted by molar-refractivity contribution is -0.904. The molecule has 0 saturated carbocycles. The third-order valence-corrected chi connectivity index (χ3v) is 11.2. The molecule has 3 saturated heterocycles. The van der Waals surface area contributed by atoms with Crippen LogP contribution < -0.4 is 28.9 Å². The van der Waals surface area contributed by atoms with Gasteiger partial charge in [-0.3, -0.25) is 15.0 Å². The highest BCUT2D eigenvalue weighted by atomic mass is 35.5. The smallest absolute Gasteiger partial charge is 0.415 e. The standard InChI is InChI=1S/C36H37Cl2N3O8S/c1-46-30-7-5-4-6-29(30)41(36(44)49-33-20-39-12-10-21(33)11-13-39)17-23-15-25(34(50-23)35(42)43)24(16-26-27(37)18-40(45)19-28(26)38)22-8-9-31(47-2)32(14-22)48-3/h4-9,14-15,18-19,21,24,33H,10-13,16-17,20H2,1-3H3,(H-,42,43,45)/t24-,33-/m0/s1. The van der Waals surface area contributed by atoms with Crippen molar-refractivity contribution in [2.24, 2.45) is 5.92 Å². The zero-order chi connectivity index (χ0) is 35.5. The number of amides is 1. The highest BCUT2D eigenvalue weighted by molar-refractivity contribution is 7.14. The van der Waals surface area contributed by atoms with Gasteiger partial charge in [-0.15, -0.1) is 11.3 Å². The molecule has 50 heavy (non-hydrogen) atoms. The van der Waals surface area contributed by atoms with E-state index < -0.39 is 18.0 Å². The average Bonchev–Trinajstić information content (AvgIpc) is 3.54. The van der Waals surface area contributed by atoms with Gasteiger partial charge in [-0.2, -0.15) is 0 Å². The monoisotopic (exact) mass is 741 g/mol. The van der Waals surface area contributed by atoms with Gasteiger partial charge < -0.3 is 28.8 Å². The molecule has 14 heteroatoms. The maximum Gasteiger partial charge on any atom is 0.415 e. The molecule has 0 aliphatic carbocycles. The largest absolute Gasteiger partial charge is 0.544 e. The summed E-state index contributed by atoms with van der Waals surface area (Å²) in [5.74, 6) is -0.313. The van der Waals surface area contributed by atoms with Crippen LogP contribution in [-0.2, 0) is 17.7 Å². The minimum Gasteiger partial charge on any atom is -0.544 e. The number of hydrogen-bond donors (Lipinski definition) is 1. The first-order valence-electron chi connectivity index (χ1n) is 16.1. The Morgan fingerprint density at radius 1 is 1.00 bits per heavy atom. The number of anilines is 1. The minimum atomic E-state index is -1.38. The normalized spacial score (nSPS) is 18.7. The Kier molecular flexibility index (Phi) is 10.9. The van der Waals surface area contributed by atoms with Crippen LogP contribution in [0.3, 0.4) is 0 Å². The van der Waals surface area contributed by atoms with Gasteiger partial charge in [0.25, 0.3) is 0 Å². The van der Waals surface area contributed by atoms with Crippen molar-refractivity contribution < 1.29 is 43.6 Å². The highest BCUT2D eigenvalue weighted by Gasteiger charge is 2.38. The second kappa shape index (κ2) is 15.3. The number of benzene rings is 2. The van der Waals surface area contributed by atoms with E-state index >= 15 is 0 Å². The van der Waals surface area contributed by atoms with Crippen molar-refractivity contribution in [3.8, 4) is 17.2 Å². The number of carboxylic acids is 1. The Morgan fingerprint density at radius 2 is 1.68 bits per heavy atom. The summed E-state index contributed by atoms with van der Waals surface area (Å²) in [7, 11) is 4.56. The van der Waals surface area contributed by atoms with Gasteiger partial charge in [-0.25, -0.2) is 4.79 Å². The second-order valence-corrected chi connectivity index (χ2v) is 14.2. The number of fused-ring (bicyclic) bond motifs is 3. The summed E-state index contributed by atoms with van der Waals surface area (Å²) < 4.78 is 23.6. The van der Waals surface area contributed by atoms with Crippen molar-refractivity contribution in [2.45, 2.75) is 37.8 Å². The van der Waals surface area contributed by atoms with Crippen molar-refractivity contribution in [3.63, 3.8) is 0 Å². The molecular formula is C36H37Cl2N3O8S. The van der Waals surface area contributed by atoms with Crippen LogP contribution in [0.1, 0.15) is 50.0 Å². The number of methoxy groups -OCH3 is 3. The number of ether oxygens (including phenoxy) is 4. The molecule has 4 aromatic rings. The first-order valence-corrected chi connectivity index (χ1v) is 17.6. The molecular weight excluding hydrogens is 705 g/mol. The van der Waals surface area contributed by atoms with E-state index in [1.54, 1.807) is 36.4 Å². The van der Waals surface area contributed by atoms with E-state index in [1.807, 2.05) is 12.1 Å². The Balaban J connectivity index is 1.42. The summed E-state index contributed by atoms with van der Waals surface area (Å²) in [5, 5.41) is 23.2. The number of carbonyl (C=O) groups is 2. The quantitative estimate of drug-likeness (QED) is 0.146. The molecule has 3 aliphatic heterocycles. The molecule has 2 aromatic heterocycles. The van der Waals surface area contributed by atoms with Crippen LogP contribution in [0.25, 0.3) is 0 Å². The number of hydrogen-bond acceptors (Lipinski definition) is 10. The molecule has 2 atom stereocenters. The molecule has 2 bridgehead atoms. The molecule has 0 unspecified atom stereocenters. The van der Waals surface area contributed by atoms with Crippen LogP contribution >= 0.6 is 34.5 Å². The molecule has 1 amide bonds. The molecule has 0 spiro atoms. The second-order valence-electron chi connectivity index (χ2n) is 12.3. The van der Waals surface area contributed by atoms with Gasteiger partial charge in [-0.05, 0) is 79.7 Å². The average molecular weight is 743 g/mol. The predicted octanol–water partition coefficient (Wildman–Crippen LogP) is 5.58. The van der Waals surface area contributed by atoms with Gasteiger partial charge in [0.05, 0.1) is 44.4 Å². The van der Waals surface area contributed by atoms with Crippen LogP contribution in [0.4, 0.5) is 10.5 Å². The van der Waals surface area contributed by atoms with E-state index in [0.717, 1.165) is 42.0 Å².